The lowest BCUT2D eigenvalue weighted by Gasteiger charge is -2.12. The van der Waals surface area contributed by atoms with Crippen molar-refractivity contribution < 1.29 is 4.74 Å². The quantitative estimate of drug-likeness (QED) is 0.465. The van der Waals surface area contributed by atoms with Gasteiger partial charge in [-0.15, -0.1) is 0 Å². The molecular formula is C12H25N3O. The first-order valence-electron chi connectivity index (χ1n) is 5.79. The number of rotatable bonds is 9. The Balaban J connectivity index is 3.80. The van der Waals surface area contributed by atoms with Crippen LogP contribution in [0.15, 0.2) is 16.4 Å². The van der Waals surface area contributed by atoms with Gasteiger partial charge in [-0.25, -0.2) is 4.99 Å². The predicted octanol–water partition coefficient (Wildman–Crippen LogP) is 1.67. The van der Waals surface area contributed by atoms with Crippen LogP contribution in [-0.4, -0.2) is 33.0 Å². The Labute approximate surface area is 99.0 Å². The molecular weight excluding hydrogens is 202 g/mol. The number of nitrogens with one attached hydrogen (secondary N) is 1. The van der Waals surface area contributed by atoms with Gasteiger partial charge < -0.3 is 15.8 Å². The van der Waals surface area contributed by atoms with Gasteiger partial charge in [-0.3, -0.25) is 0 Å². The molecule has 94 valence electrons. The van der Waals surface area contributed by atoms with Crippen LogP contribution >= 0.6 is 0 Å². The average molecular weight is 227 g/mol. The number of hydrogen-bond donors (Lipinski definition) is 2. The lowest BCUT2D eigenvalue weighted by molar-refractivity contribution is 0.192. The molecule has 1 unspecified atom stereocenters. The van der Waals surface area contributed by atoms with Crippen LogP contribution in [0.2, 0.25) is 0 Å². The molecule has 16 heavy (non-hydrogen) atoms. The second-order valence-electron chi connectivity index (χ2n) is 3.96. The maximum Gasteiger partial charge on any atom is 0.125 e. The molecule has 1 atom stereocenters. The van der Waals surface area contributed by atoms with Gasteiger partial charge in [-0.05, 0) is 45.4 Å². The Morgan fingerprint density at radius 3 is 2.62 bits per heavy atom. The fraction of sp³-hybridized carbons (Fsp3) is 0.750. The smallest absolute Gasteiger partial charge is 0.125 e. The van der Waals surface area contributed by atoms with Crippen molar-refractivity contribution in [1.82, 2.24) is 5.32 Å². The Kier molecular flexibility index (Phi) is 8.85. The number of methoxy groups -OCH3 is 1. The average Bonchev–Trinajstić information content (AvgIpc) is 2.27. The largest absolute Gasteiger partial charge is 0.385 e. The molecule has 0 bridgehead atoms. The molecule has 0 aromatic carbocycles. The zero-order valence-corrected chi connectivity index (χ0v) is 10.8. The van der Waals surface area contributed by atoms with E-state index in [1.807, 2.05) is 13.8 Å². The highest BCUT2D eigenvalue weighted by Crippen LogP contribution is 2.05. The third-order valence-corrected chi connectivity index (χ3v) is 2.53. The molecule has 4 nitrogen and oxygen atoms in total. The molecule has 0 spiro atoms. The van der Waals surface area contributed by atoms with Crippen LogP contribution in [0.1, 0.15) is 33.1 Å². The lowest BCUT2D eigenvalue weighted by atomic mass is 10.1. The van der Waals surface area contributed by atoms with Crippen molar-refractivity contribution in [2.75, 3.05) is 20.3 Å². The van der Waals surface area contributed by atoms with Crippen molar-refractivity contribution in [2.24, 2.45) is 10.7 Å². The molecule has 0 aromatic rings. The van der Waals surface area contributed by atoms with E-state index < -0.39 is 0 Å². The van der Waals surface area contributed by atoms with Crippen LogP contribution in [0.25, 0.3) is 0 Å². The van der Waals surface area contributed by atoms with Crippen molar-refractivity contribution >= 4 is 6.72 Å². The lowest BCUT2D eigenvalue weighted by Crippen LogP contribution is -2.23. The summed E-state index contributed by atoms with van der Waals surface area (Å²) in [5.74, 6) is 0.821. The van der Waals surface area contributed by atoms with Gasteiger partial charge in [0.2, 0.25) is 0 Å². The van der Waals surface area contributed by atoms with Crippen LogP contribution in [0.4, 0.5) is 0 Å². The third-order valence-electron chi connectivity index (χ3n) is 2.53. The van der Waals surface area contributed by atoms with Crippen LogP contribution in [0.5, 0.6) is 0 Å². The van der Waals surface area contributed by atoms with Gasteiger partial charge in [-0.1, -0.05) is 0 Å². The van der Waals surface area contributed by atoms with E-state index in [2.05, 4.69) is 17.0 Å². The Bertz CT molecular complexity index is 224. The summed E-state index contributed by atoms with van der Waals surface area (Å²) in [4.78, 5) is 3.96. The Morgan fingerprint density at radius 2 is 2.12 bits per heavy atom. The first-order chi connectivity index (χ1) is 7.63. The first-order valence-corrected chi connectivity index (χ1v) is 5.79. The van der Waals surface area contributed by atoms with Crippen LogP contribution in [0, 0.1) is 0 Å². The summed E-state index contributed by atoms with van der Waals surface area (Å²) in [6.45, 7) is 9.21. The van der Waals surface area contributed by atoms with E-state index in [4.69, 9.17) is 10.5 Å². The van der Waals surface area contributed by atoms with Crippen molar-refractivity contribution in [3.05, 3.63) is 11.4 Å². The van der Waals surface area contributed by atoms with Gasteiger partial charge in [0.25, 0.3) is 0 Å². The number of nitrogens with two attached hydrogens (primary N) is 1. The van der Waals surface area contributed by atoms with E-state index in [1.165, 1.54) is 0 Å². The highest BCUT2D eigenvalue weighted by molar-refractivity contribution is 5.30. The number of nitrogens with zero attached hydrogens (tertiary/aromatic N) is 1. The minimum atomic E-state index is 0.0153. The van der Waals surface area contributed by atoms with Crippen molar-refractivity contribution in [3.8, 4) is 0 Å². The second kappa shape index (κ2) is 9.36. The van der Waals surface area contributed by atoms with Gasteiger partial charge in [0, 0.05) is 26.3 Å². The monoisotopic (exact) mass is 227 g/mol. The zero-order valence-electron chi connectivity index (χ0n) is 10.8. The summed E-state index contributed by atoms with van der Waals surface area (Å²) >= 11 is 0. The molecule has 0 radical (unpaired) electrons. The maximum absolute atomic E-state index is 5.78. The summed E-state index contributed by atoms with van der Waals surface area (Å²) < 4.78 is 4.99. The molecule has 0 aliphatic heterocycles. The fourth-order valence-corrected chi connectivity index (χ4v) is 1.29. The zero-order chi connectivity index (χ0) is 12.4. The van der Waals surface area contributed by atoms with E-state index in [0.29, 0.717) is 0 Å². The normalized spacial score (nSPS) is 14.2. The third kappa shape index (κ3) is 6.58. The molecule has 3 N–H and O–H groups in total. The van der Waals surface area contributed by atoms with Gasteiger partial charge >= 0.3 is 0 Å². The summed E-state index contributed by atoms with van der Waals surface area (Å²) in [5.41, 5.74) is 6.83. The molecule has 0 aliphatic rings. The molecule has 0 saturated carbocycles. The molecule has 0 saturated heterocycles. The van der Waals surface area contributed by atoms with Gasteiger partial charge in [0.05, 0.1) is 0 Å². The maximum atomic E-state index is 5.78. The van der Waals surface area contributed by atoms with Crippen LogP contribution in [-0.2, 0) is 4.74 Å². The number of hydrogen-bond acceptors (Lipinski definition) is 4. The van der Waals surface area contributed by atoms with Crippen molar-refractivity contribution in [2.45, 2.75) is 39.2 Å². The highest BCUT2D eigenvalue weighted by atomic mass is 16.5. The fourth-order valence-electron chi connectivity index (χ4n) is 1.29. The van der Waals surface area contributed by atoms with E-state index in [-0.39, 0.29) is 6.04 Å². The molecule has 4 heteroatoms. The van der Waals surface area contributed by atoms with Crippen LogP contribution in [0.3, 0.4) is 0 Å². The molecule has 0 fully saturated rings. The molecule has 0 aromatic heterocycles. The number of aliphatic imine (C=N–C) groups is 1. The van der Waals surface area contributed by atoms with Crippen molar-refractivity contribution in [1.29, 1.82) is 0 Å². The second-order valence-corrected chi connectivity index (χ2v) is 3.96. The SMILES string of the molecule is C=N/C(NCCCCCOC)=C(/C)C(C)N. The van der Waals surface area contributed by atoms with E-state index >= 15 is 0 Å². The predicted molar refractivity (Wildman–Crippen MR) is 69.6 cm³/mol. The first kappa shape index (κ1) is 15.1. The van der Waals surface area contributed by atoms with Gasteiger partial charge in [-0.2, -0.15) is 0 Å². The summed E-state index contributed by atoms with van der Waals surface area (Å²) in [6, 6.07) is 0.0153. The van der Waals surface area contributed by atoms with E-state index in [9.17, 15) is 0 Å². The number of unbranched alkanes of at least 4 members (excludes halogenated alkanes) is 2. The van der Waals surface area contributed by atoms with E-state index in [0.717, 1.165) is 43.8 Å². The summed E-state index contributed by atoms with van der Waals surface area (Å²) in [7, 11) is 1.73. The molecule has 0 heterocycles. The Hall–Kier alpha value is -0.870. The minimum Gasteiger partial charge on any atom is -0.385 e. The van der Waals surface area contributed by atoms with Crippen LogP contribution < -0.4 is 11.1 Å². The standard InChI is InChI=1S/C12H25N3O/c1-10(11(2)13)12(14-3)15-8-6-5-7-9-16-4/h11,15H,3,5-9,13H2,1-2,4H3/b12-10+. The van der Waals surface area contributed by atoms with Gasteiger partial charge in [0.15, 0.2) is 0 Å². The van der Waals surface area contributed by atoms with Crippen molar-refractivity contribution in [3.63, 3.8) is 0 Å². The Morgan fingerprint density at radius 1 is 1.44 bits per heavy atom. The highest BCUT2D eigenvalue weighted by Gasteiger charge is 2.03. The molecule has 0 aliphatic carbocycles. The molecule has 0 amide bonds. The summed E-state index contributed by atoms with van der Waals surface area (Å²) in [5, 5.41) is 3.26. The number of ether oxygens (including phenoxy) is 1. The van der Waals surface area contributed by atoms with E-state index in [1.54, 1.807) is 7.11 Å². The molecule has 0 rings (SSSR count). The topological polar surface area (TPSA) is 59.6 Å². The summed E-state index contributed by atoms with van der Waals surface area (Å²) in [6.07, 6.45) is 3.36. The van der Waals surface area contributed by atoms with Gasteiger partial charge in [0.1, 0.15) is 5.82 Å². The minimum absolute atomic E-state index is 0.0153.